The van der Waals surface area contributed by atoms with Gasteiger partial charge in [0.2, 0.25) is 0 Å². The Morgan fingerprint density at radius 2 is 1.68 bits per heavy atom. The summed E-state index contributed by atoms with van der Waals surface area (Å²) in [4.78, 5) is 21.2. The van der Waals surface area contributed by atoms with Gasteiger partial charge in [-0.05, 0) is 48.0 Å². The van der Waals surface area contributed by atoms with Crippen LogP contribution in [0.5, 0.6) is 17.5 Å². The molecule has 4 aromatic rings. The van der Waals surface area contributed by atoms with E-state index in [1.165, 1.54) is 7.11 Å². The van der Waals surface area contributed by atoms with Gasteiger partial charge < -0.3 is 14.8 Å². The summed E-state index contributed by atoms with van der Waals surface area (Å²) in [5.74, 6) is 0.946. The smallest absolute Gasteiger partial charge is 0.321 e. The zero-order chi connectivity index (χ0) is 21.6. The molecule has 3 aromatic carbocycles. The quantitative estimate of drug-likeness (QED) is 0.414. The molecule has 0 atom stereocenters. The highest BCUT2D eigenvalue weighted by Crippen LogP contribution is 2.28. The predicted molar refractivity (Wildman–Crippen MR) is 120 cm³/mol. The van der Waals surface area contributed by atoms with Crippen LogP contribution in [0, 0.1) is 0 Å². The number of hydrogen-bond donors (Lipinski definition) is 1. The molecule has 1 amide bonds. The van der Waals surface area contributed by atoms with E-state index >= 15 is 0 Å². The number of nitrogens with one attached hydrogen (secondary N) is 1. The number of ether oxygens (including phenoxy) is 2. The van der Waals surface area contributed by atoms with Crippen molar-refractivity contribution in [3.63, 3.8) is 0 Å². The third kappa shape index (κ3) is 4.99. The van der Waals surface area contributed by atoms with Crippen molar-refractivity contribution >= 4 is 23.2 Å². The fourth-order valence-corrected chi connectivity index (χ4v) is 3.16. The third-order valence-corrected chi connectivity index (χ3v) is 4.74. The van der Waals surface area contributed by atoms with E-state index < -0.39 is 0 Å². The van der Waals surface area contributed by atoms with E-state index in [2.05, 4.69) is 15.3 Å². The largest absolute Gasteiger partial charge is 0.495 e. The maximum absolute atomic E-state index is 12.7. The highest BCUT2D eigenvalue weighted by molar-refractivity contribution is 6.32. The van der Waals surface area contributed by atoms with Crippen LogP contribution >= 0.6 is 11.6 Å². The Bertz CT molecular complexity index is 1200. The molecule has 7 heteroatoms. The molecule has 154 valence electrons. The average Bonchev–Trinajstić information content (AvgIpc) is 2.80. The molecule has 0 saturated heterocycles. The number of aromatic nitrogens is 2. The van der Waals surface area contributed by atoms with Gasteiger partial charge in [0, 0.05) is 29.2 Å². The number of para-hydroxylation sites is 1. The van der Waals surface area contributed by atoms with Crippen molar-refractivity contribution in [2.45, 2.75) is 0 Å². The number of carbonyl (C=O) groups excluding carboxylic acids is 1. The Labute approximate surface area is 184 Å². The minimum Gasteiger partial charge on any atom is -0.495 e. The van der Waals surface area contributed by atoms with Crippen molar-refractivity contribution in [3.05, 3.63) is 95.8 Å². The molecule has 0 bridgehead atoms. The lowest BCUT2D eigenvalue weighted by Crippen LogP contribution is -2.11. The number of benzene rings is 3. The van der Waals surface area contributed by atoms with Crippen molar-refractivity contribution in [2.24, 2.45) is 0 Å². The van der Waals surface area contributed by atoms with Gasteiger partial charge in [-0.2, -0.15) is 0 Å². The zero-order valence-corrected chi connectivity index (χ0v) is 17.3. The second-order valence-electron chi connectivity index (χ2n) is 6.55. The molecule has 0 fully saturated rings. The van der Waals surface area contributed by atoms with E-state index in [0.29, 0.717) is 27.8 Å². The molecular weight excluding hydrogens is 414 g/mol. The average molecular weight is 432 g/mol. The van der Waals surface area contributed by atoms with Gasteiger partial charge in [-0.1, -0.05) is 41.9 Å². The number of hydrogen-bond acceptors (Lipinski definition) is 5. The Kier molecular flexibility index (Phi) is 6.10. The lowest BCUT2D eigenvalue weighted by Gasteiger charge is -2.09. The number of anilines is 1. The maximum atomic E-state index is 12.7. The molecule has 6 nitrogen and oxygen atoms in total. The molecular formula is C24H18ClN3O3. The van der Waals surface area contributed by atoms with E-state index in [4.69, 9.17) is 21.1 Å². The topological polar surface area (TPSA) is 73.3 Å². The Morgan fingerprint density at radius 3 is 2.39 bits per heavy atom. The van der Waals surface area contributed by atoms with Crippen molar-refractivity contribution in [1.29, 1.82) is 0 Å². The van der Waals surface area contributed by atoms with Crippen LogP contribution in [-0.2, 0) is 0 Å². The first-order valence-corrected chi connectivity index (χ1v) is 9.80. The van der Waals surface area contributed by atoms with Crippen LogP contribution in [0.3, 0.4) is 0 Å². The normalized spacial score (nSPS) is 10.4. The Morgan fingerprint density at radius 1 is 0.903 bits per heavy atom. The molecule has 0 aliphatic heterocycles. The standard InChI is InChI=1S/C24H18ClN3O3/c1-30-22-11-10-19(13-21(22)25)28-23(29)17-7-5-6-16(12-17)18-14-26-24(27-15-18)31-20-8-3-2-4-9-20/h2-15H,1H3,(H,28,29). The van der Waals surface area contributed by atoms with E-state index in [1.54, 1.807) is 48.8 Å². The van der Waals surface area contributed by atoms with Crippen molar-refractivity contribution in [2.75, 3.05) is 12.4 Å². The number of nitrogens with zero attached hydrogens (tertiary/aromatic N) is 2. The van der Waals surface area contributed by atoms with Gasteiger partial charge >= 0.3 is 6.01 Å². The van der Waals surface area contributed by atoms with Gasteiger partial charge in [0.05, 0.1) is 12.1 Å². The lowest BCUT2D eigenvalue weighted by molar-refractivity contribution is 0.102. The Balaban J connectivity index is 1.48. The van der Waals surface area contributed by atoms with Crippen LogP contribution in [0.4, 0.5) is 5.69 Å². The van der Waals surface area contributed by atoms with Gasteiger partial charge in [-0.3, -0.25) is 4.79 Å². The molecule has 1 N–H and O–H groups in total. The first kappa shape index (κ1) is 20.4. The molecule has 0 saturated carbocycles. The monoisotopic (exact) mass is 431 g/mol. The fourth-order valence-electron chi connectivity index (χ4n) is 2.90. The molecule has 0 unspecified atom stereocenters. The number of methoxy groups -OCH3 is 1. The molecule has 1 aromatic heterocycles. The van der Waals surface area contributed by atoms with Crippen molar-refractivity contribution < 1.29 is 14.3 Å². The van der Waals surface area contributed by atoms with Crippen LogP contribution in [0.2, 0.25) is 5.02 Å². The first-order chi connectivity index (χ1) is 15.1. The second-order valence-corrected chi connectivity index (χ2v) is 6.96. The van der Waals surface area contributed by atoms with E-state index in [-0.39, 0.29) is 11.9 Å². The summed E-state index contributed by atoms with van der Waals surface area (Å²) in [6.45, 7) is 0. The fraction of sp³-hybridized carbons (Fsp3) is 0.0417. The summed E-state index contributed by atoms with van der Waals surface area (Å²) in [7, 11) is 1.54. The van der Waals surface area contributed by atoms with Crippen molar-refractivity contribution in [1.82, 2.24) is 9.97 Å². The minimum atomic E-state index is -0.256. The second kappa shape index (κ2) is 9.28. The molecule has 0 radical (unpaired) electrons. The van der Waals surface area contributed by atoms with Crippen LogP contribution in [0.25, 0.3) is 11.1 Å². The highest BCUT2D eigenvalue weighted by Gasteiger charge is 2.10. The van der Waals surface area contributed by atoms with E-state index in [1.807, 2.05) is 36.4 Å². The molecule has 0 spiro atoms. The Hall–Kier alpha value is -3.90. The van der Waals surface area contributed by atoms with Gasteiger partial charge in [0.25, 0.3) is 5.91 Å². The summed E-state index contributed by atoms with van der Waals surface area (Å²) in [6, 6.07) is 21.8. The molecule has 0 aliphatic carbocycles. The van der Waals surface area contributed by atoms with Crippen LogP contribution < -0.4 is 14.8 Å². The summed E-state index contributed by atoms with van der Waals surface area (Å²) >= 11 is 6.13. The maximum Gasteiger partial charge on any atom is 0.321 e. The van der Waals surface area contributed by atoms with Gasteiger partial charge in [-0.25, -0.2) is 9.97 Å². The summed E-state index contributed by atoms with van der Waals surface area (Å²) in [5.41, 5.74) is 2.65. The SMILES string of the molecule is COc1ccc(NC(=O)c2cccc(-c3cnc(Oc4ccccc4)nc3)c2)cc1Cl. The number of carbonyl (C=O) groups is 1. The van der Waals surface area contributed by atoms with Gasteiger partial charge in [0.1, 0.15) is 11.5 Å². The minimum absolute atomic E-state index is 0.250. The number of amides is 1. The van der Waals surface area contributed by atoms with Crippen LogP contribution in [-0.4, -0.2) is 23.0 Å². The van der Waals surface area contributed by atoms with Gasteiger partial charge in [-0.15, -0.1) is 0 Å². The molecule has 4 rings (SSSR count). The summed E-state index contributed by atoms with van der Waals surface area (Å²) in [6.07, 6.45) is 3.32. The summed E-state index contributed by atoms with van der Waals surface area (Å²) in [5, 5.41) is 3.26. The number of rotatable bonds is 6. The van der Waals surface area contributed by atoms with Crippen LogP contribution in [0.1, 0.15) is 10.4 Å². The zero-order valence-electron chi connectivity index (χ0n) is 16.6. The van der Waals surface area contributed by atoms with Crippen LogP contribution in [0.15, 0.2) is 85.2 Å². The first-order valence-electron chi connectivity index (χ1n) is 9.42. The highest BCUT2D eigenvalue weighted by atomic mass is 35.5. The van der Waals surface area contributed by atoms with E-state index in [9.17, 15) is 4.79 Å². The third-order valence-electron chi connectivity index (χ3n) is 4.45. The molecule has 1 heterocycles. The van der Waals surface area contributed by atoms with E-state index in [0.717, 1.165) is 11.1 Å². The number of halogens is 1. The van der Waals surface area contributed by atoms with Crippen molar-refractivity contribution in [3.8, 4) is 28.6 Å². The molecule has 31 heavy (non-hydrogen) atoms. The lowest BCUT2D eigenvalue weighted by atomic mass is 10.1. The van der Waals surface area contributed by atoms with Gasteiger partial charge in [0.15, 0.2) is 0 Å². The molecule has 0 aliphatic rings. The predicted octanol–water partition coefficient (Wildman–Crippen LogP) is 5.85. The summed E-state index contributed by atoms with van der Waals surface area (Å²) < 4.78 is 10.7.